The second-order valence-corrected chi connectivity index (χ2v) is 6.34. The van der Waals surface area contributed by atoms with E-state index in [1.165, 1.54) is 6.07 Å². The molecule has 1 aromatic rings. The van der Waals surface area contributed by atoms with Gasteiger partial charge in [0.05, 0.1) is 0 Å². The van der Waals surface area contributed by atoms with Gasteiger partial charge in [-0.05, 0) is 42.7 Å². The Morgan fingerprint density at radius 2 is 2.19 bits per heavy atom. The van der Waals surface area contributed by atoms with Gasteiger partial charge >= 0.3 is 0 Å². The zero-order valence-electron chi connectivity index (χ0n) is 9.27. The van der Waals surface area contributed by atoms with E-state index >= 15 is 0 Å². The van der Waals surface area contributed by atoms with Gasteiger partial charge in [-0.2, -0.15) is 0 Å². The summed E-state index contributed by atoms with van der Waals surface area (Å²) >= 11 is 3.59. The van der Waals surface area contributed by atoms with Gasteiger partial charge in [-0.3, -0.25) is 0 Å². The minimum atomic E-state index is -0.741. The van der Waals surface area contributed by atoms with Crippen LogP contribution in [0.5, 0.6) is 0 Å². The Balaban J connectivity index is 2.18. The number of hydrogen-bond donors (Lipinski definition) is 0. The van der Waals surface area contributed by atoms with Crippen molar-refractivity contribution in [3.8, 4) is 0 Å². The molecule has 0 spiro atoms. The Bertz CT molecular complexity index is 392. The van der Waals surface area contributed by atoms with E-state index in [4.69, 9.17) is 0 Å². The smallest absolute Gasteiger partial charge is 0.162 e. The molecule has 88 valence electrons. The maximum Gasteiger partial charge on any atom is 0.162 e. The quantitative estimate of drug-likeness (QED) is 0.705. The molecule has 0 heterocycles. The summed E-state index contributed by atoms with van der Waals surface area (Å²) < 4.78 is 26.6. The van der Waals surface area contributed by atoms with E-state index in [-0.39, 0.29) is 5.41 Å². The van der Waals surface area contributed by atoms with Crippen LogP contribution >= 0.6 is 15.9 Å². The predicted molar refractivity (Wildman–Crippen MR) is 64.7 cm³/mol. The third-order valence-corrected chi connectivity index (χ3v) is 4.21. The van der Waals surface area contributed by atoms with Crippen LogP contribution in [-0.2, 0) is 6.42 Å². The third-order valence-electron chi connectivity index (χ3n) is 3.42. The van der Waals surface area contributed by atoms with Crippen molar-refractivity contribution in [1.82, 2.24) is 0 Å². The van der Waals surface area contributed by atoms with E-state index in [2.05, 4.69) is 22.9 Å². The monoisotopic (exact) mass is 288 g/mol. The van der Waals surface area contributed by atoms with Crippen LogP contribution < -0.4 is 0 Å². The first-order valence-electron chi connectivity index (χ1n) is 5.57. The topological polar surface area (TPSA) is 0 Å². The molecular formula is C13H15BrF2. The second kappa shape index (κ2) is 4.44. The molecule has 1 saturated carbocycles. The summed E-state index contributed by atoms with van der Waals surface area (Å²) in [6, 6.07) is 4.44. The molecule has 2 atom stereocenters. The van der Waals surface area contributed by atoms with Gasteiger partial charge in [0.15, 0.2) is 11.6 Å². The molecule has 3 heteroatoms. The van der Waals surface area contributed by atoms with Gasteiger partial charge in [0.1, 0.15) is 0 Å². The van der Waals surface area contributed by atoms with E-state index in [0.29, 0.717) is 16.8 Å². The lowest BCUT2D eigenvalue weighted by Crippen LogP contribution is -2.17. The molecule has 1 fully saturated rings. The van der Waals surface area contributed by atoms with Crippen LogP contribution in [0, 0.1) is 17.0 Å². The van der Waals surface area contributed by atoms with Gasteiger partial charge in [-0.15, -0.1) is 0 Å². The van der Waals surface area contributed by atoms with E-state index < -0.39 is 11.6 Å². The molecule has 0 nitrogen and oxygen atoms in total. The van der Waals surface area contributed by atoms with E-state index in [1.807, 2.05) is 0 Å². The first-order valence-corrected chi connectivity index (χ1v) is 6.49. The van der Waals surface area contributed by atoms with Gasteiger partial charge in [0.25, 0.3) is 0 Å². The average molecular weight is 289 g/mol. The standard InChI is InChI=1S/C13H15BrF2/c1-13(6-5-10(14)8-13)7-9-3-2-4-11(15)12(9)16/h2-4,10H,5-8H2,1H3. The van der Waals surface area contributed by atoms with Crippen molar-refractivity contribution in [2.45, 2.75) is 37.4 Å². The molecule has 0 saturated heterocycles. The Morgan fingerprint density at radius 1 is 1.44 bits per heavy atom. The zero-order valence-corrected chi connectivity index (χ0v) is 10.9. The third kappa shape index (κ3) is 2.45. The minimum Gasteiger partial charge on any atom is -0.204 e. The van der Waals surface area contributed by atoms with Crippen molar-refractivity contribution in [1.29, 1.82) is 0 Å². The van der Waals surface area contributed by atoms with Crippen LogP contribution in [0.25, 0.3) is 0 Å². The van der Waals surface area contributed by atoms with Gasteiger partial charge < -0.3 is 0 Å². The number of rotatable bonds is 2. The summed E-state index contributed by atoms with van der Waals surface area (Å²) in [4.78, 5) is 0.522. The molecule has 16 heavy (non-hydrogen) atoms. The van der Waals surface area contributed by atoms with Crippen LogP contribution in [0.3, 0.4) is 0 Å². The Hall–Kier alpha value is -0.440. The molecular weight excluding hydrogens is 274 g/mol. The summed E-state index contributed by atoms with van der Waals surface area (Å²) in [6.07, 6.45) is 3.84. The Kier molecular flexibility index (Phi) is 3.34. The molecule has 0 aliphatic heterocycles. The van der Waals surface area contributed by atoms with Crippen LogP contribution in [0.15, 0.2) is 18.2 Å². The molecule has 0 aromatic heterocycles. The van der Waals surface area contributed by atoms with Gasteiger partial charge in [-0.25, -0.2) is 8.78 Å². The molecule has 0 N–H and O–H groups in total. The van der Waals surface area contributed by atoms with Crippen LogP contribution in [0.4, 0.5) is 8.78 Å². The fraction of sp³-hybridized carbons (Fsp3) is 0.538. The molecule has 2 unspecified atom stereocenters. The predicted octanol–water partition coefficient (Wildman–Crippen LogP) is 4.46. The number of alkyl halides is 1. The molecule has 2 rings (SSSR count). The zero-order chi connectivity index (χ0) is 11.8. The van der Waals surface area contributed by atoms with E-state index in [1.54, 1.807) is 12.1 Å². The highest BCUT2D eigenvalue weighted by Gasteiger charge is 2.34. The highest BCUT2D eigenvalue weighted by Crippen LogP contribution is 2.43. The molecule has 1 aliphatic rings. The summed E-state index contributed by atoms with van der Waals surface area (Å²) in [6.45, 7) is 2.15. The van der Waals surface area contributed by atoms with Crippen molar-refractivity contribution in [2.24, 2.45) is 5.41 Å². The maximum absolute atomic E-state index is 13.5. The molecule has 1 aromatic carbocycles. The van der Waals surface area contributed by atoms with Crippen molar-refractivity contribution in [2.75, 3.05) is 0 Å². The molecule has 1 aliphatic carbocycles. The lowest BCUT2D eigenvalue weighted by atomic mass is 9.82. The van der Waals surface area contributed by atoms with Gasteiger partial charge in [-0.1, -0.05) is 35.0 Å². The summed E-state index contributed by atoms with van der Waals surface area (Å²) in [7, 11) is 0. The number of halogens is 3. The fourth-order valence-electron chi connectivity index (χ4n) is 2.55. The molecule has 0 bridgehead atoms. The first kappa shape index (κ1) is 12.0. The van der Waals surface area contributed by atoms with Gasteiger partial charge in [0.2, 0.25) is 0 Å². The first-order chi connectivity index (χ1) is 7.50. The molecule has 0 radical (unpaired) electrons. The lowest BCUT2D eigenvalue weighted by Gasteiger charge is -2.24. The van der Waals surface area contributed by atoms with Crippen molar-refractivity contribution < 1.29 is 8.78 Å². The number of hydrogen-bond acceptors (Lipinski definition) is 0. The summed E-state index contributed by atoms with van der Waals surface area (Å²) in [5.74, 6) is -1.42. The molecule has 0 amide bonds. The SMILES string of the molecule is CC1(Cc2cccc(F)c2F)CCC(Br)C1. The largest absolute Gasteiger partial charge is 0.204 e. The minimum absolute atomic E-state index is 0.100. The van der Waals surface area contributed by atoms with Crippen molar-refractivity contribution in [3.05, 3.63) is 35.4 Å². The highest BCUT2D eigenvalue weighted by molar-refractivity contribution is 9.09. The maximum atomic E-state index is 13.5. The van der Waals surface area contributed by atoms with E-state index in [0.717, 1.165) is 19.3 Å². The summed E-state index contributed by atoms with van der Waals surface area (Å²) in [5, 5.41) is 0. The average Bonchev–Trinajstić information content (AvgIpc) is 2.54. The second-order valence-electron chi connectivity index (χ2n) is 5.04. The van der Waals surface area contributed by atoms with Crippen molar-refractivity contribution >= 4 is 15.9 Å². The number of benzene rings is 1. The van der Waals surface area contributed by atoms with E-state index in [9.17, 15) is 8.78 Å². The fourth-order valence-corrected chi connectivity index (χ4v) is 3.56. The Labute approximate surface area is 103 Å². The normalized spacial score (nSPS) is 29.6. The van der Waals surface area contributed by atoms with Crippen LogP contribution in [0.1, 0.15) is 31.7 Å². The van der Waals surface area contributed by atoms with Crippen molar-refractivity contribution in [3.63, 3.8) is 0 Å². The summed E-state index contributed by atoms with van der Waals surface area (Å²) in [5.41, 5.74) is 0.604. The highest BCUT2D eigenvalue weighted by atomic mass is 79.9. The Morgan fingerprint density at radius 3 is 2.81 bits per heavy atom. The van der Waals surface area contributed by atoms with Crippen LogP contribution in [0.2, 0.25) is 0 Å². The lowest BCUT2D eigenvalue weighted by molar-refractivity contribution is 0.328. The van der Waals surface area contributed by atoms with Gasteiger partial charge in [0, 0.05) is 4.83 Å². The van der Waals surface area contributed by atoms with Crippen LogP contribution in [-0.4, -0.2) is 4.83 Å².